The fourth-order valence-electron chi connectivity index (χ4n) is 1.63. The van der Waals surface area contributed by atoms with Crippen molar-refractivity contribution >= 4 is 11.8 Å². The van der Waals surface area contributed by atoms with E-state index in [0.29, 0.717) is 0 Å². The lowest BCUT2D eigenvalue weighted by Gasteiger charge is -2.02. The Morgan fingerprint density at radius 1 is 1.25 bits per heavy atom. The van der Waals surface area contributed by atoms with Gasteiger partial charge < -0.3 is 0 Å². The van der Waals surface area contributed by atoms with Crippen LogP contribution >= 0.6 is 11.8 Å². The van der Waals surface area contributed by atoms with Crippen molar-refractivity contribution in [3.63, 3.8) is 0 Å². The second kappa shape index (κ2) is 5.21. The minimum Gasteiger partial charge on any atom is -0.269 e. The Morgan fingerprint density at radius 3 is 2.62 bits per heavy atom. The van der Waals surface area contributed by atoms with Gasteiger partial charge in [0.05, 0.1) is 6.20 Å². The van der Waals surface area contributed by atoms with Crippen LogP contribution in [-0.4, -0.2) is 9.78 Å². The first-order chi connectivity index (χ1) is 7.81. The summed E-state index contributed by atoms with van der Waals surface area (Å²) in [6.45, 7) is 5.19. The van der Waals surface area contributed by atoms with Gasteiger partial charge in [0.25, 0.3) is 0 Å². The summed E-state index contributed by atoms with van der Waals surface area (Å²) in [4.78, 5) is 1.28. The summed E-state index contributed by atoms with van der Waals surface area (Å²) in [5.41, 5.74) is 2.62. The molecule has 0 fully saturated rings. The number of nitrogens with zero attached hydrogens (tertiary/aromatic N) is 2. The minimum absolute atomic E-state index is 0.942. The smallest absolute Gasteiger partial charge is 0.0628 e. The molecule has 0 N–H and O–H groups in total. The summed E-state index contributed by atoms with van der Waals surface area (Å²) in [6.07, 6.45) is 1.96. The van der Waals surface area contributed by atoms with Gasteiger partial charge in [-0.05, 0) is 19.4 Å². The average Bonchev–Trinajstić information content (AvgIpc) is 2.69. The highest BCUT2D eigenvalue weighted by Crippen LogP contribution is 2.25. The van der Waals surface area contributed by atoms with Gasteiger partial charge in [-0.1, -0.05) is 30.3 Å². The van der Waals surface area contributed by atoms with Crippen LogP contribution in [0.4, 0.5) is 0 Å². The fraction of sp³-hybridized carbons (Fsp3) is 0.308. The Balaban J connectivity index is 2.02. The number of benzene rings is 1. The monoisotopic (exact) mass is 232 g/mol. The van der Waals surface area contributed by atoms with E-state index in [2.05, 4.69) is 49.3 Å². The number of hydrogen-bond donors (Lipinski definition) is 0. The van der Waals surface area contributed by atoms with Gasteiger partial charge in [-0.3, -0.25) is 4.68 Å². The Labute approximate surface area is 101 Å². The van der Waals surface area contributed by atoms with Crippen molar-refractivity contribution in [3.8, 4) is 0 Å². The molecule has 1 aromatic carbocycles. The van der Waals surface area contributed by atoms with E-state index in [9.17, 15) is 0 Å². The zero-order chi connectivity index (χ0) is 11.4. The normalized spacial score (nSPS) is 10.6. The first-order valence-electron chi connectivity index (χ1n) is 5.50. The average molecular weight is 232 g/mol. The van der Waals surface area contributed by atoms with Crippen molar-refractivity contribution in [3.05, 3.63) is 47.8 Å². The lowest BCUT2D eigenvalue weighted by molar-refractivity contribution is 0.637. The third-order valence-electron chi connectivity index (χ3n) is 2.59. The van der Waals surface area contributed by atoms with E-state index in [4.69, 9.17) is 0 Å². The van der Waals surface area contributed by atoms with E-state index in [1.54, 1.807) is 0 Å². The maximum atomic E-state index is 4.34. The van der Waals surface area contributed by atoms with Crippen LogP contribution in [-0.2, 0) is 12.3 Å². The van der Waals surface area contributed by atoms with Crippen molar-refractivity contribution in [1.82, 2.24) is 9.78 Å². The molecule has 84 valence electrons. The standard InChI is InChI=1S/C13H16N2S/c1-3-15-11(2)13(9-14-15)16-10-12-7-5-4-6-8-12/h4-9H,3,10H2,1-2H3. The van der Waals surface area contributed by atoms with Crippen LogP contribution in [0.15, 0.2) is 41.4 Å². The molecule has 0 atom stereocenters. The van der Waals surface area contributed by atoms with Gasteiger partial charge in [-0.2, -0.15) is 5.10 Å². The molecule has 16 heavy (non-hydrogen) atoms. The van der Waals surface area contributed by atoms with Crippen molar-refractivity contribution in [2.45, 2.75) is 31.0 Å². The highest BCUT2D eigenvalue weighted by molar-refractivity contribution is 7.98. The highest BCUT2D eigenvalue weighted by atomic mass is 32.2. The first-order valence-corrected chi connectivity index (χ1v) is 6.49. The van der Waals surface area contributed by atoms with Gasteiger partial charge in [-0.25, -0.2) is 0 Å². The molecular weight excluding hydrogens is 216 g/mol. The molecule has 3 heteroatoms. The van der Waals surface area contributed by atoms with Gasteiger partial charge in [0.15, 0.2) is 0 Å². The maximum absolute atomic E-state index is 4.34. The second-order valence-electron chi connectivity index (χ2n) is 3.68. The molecule has 0 amide bonds. The molecule has 2 aromatic rings. The van der Waals surface area contributed by atoms with Crippen LogP contribution in [0.3, 0.4) is 0 Å². The Morgan fingerprint density at radius 2 is 2.00 bits per heavy atom. The number of rotatable bonds is 4. The topological polar surface area (TPSA) is 17.8 Å². The summed E-state index contributed by atoms with van der Waals surface area (Å²) >= 11 is 1.85. The van der Waals surface area contributed by atoms with Crippen molar-refractivity contribution in [2.75, 3.05) is 0 Å². The molecule has 0 aliphatic carbocycles. The Hall–Kier alpha value is -1.22. The quantitative estimate of drug-likeness (QED) is 0.751. The van der Waals surface area contributed by atoms with E-state index in [1.807, 2.05) is 22.6 Å². The minimum atomic E-state index is 0.942. The highest BCUT2D eigenvalue weighted by Gasteiger charge is 2.05. The van der Waals surface area contributed by atoms with Crippen LogP contribution in [0, 0.1) is 6.92 Å². The van der Waals surface area contributed by atoms with E-state index in [-0.39, 0.29) is 0 Å². The largest absolute Gasteiger partial charge is 0.269 e. The lowest BCUT2D eigenvalue weighted by atomic mass is 10.2. The molecule has 0 bridgehead atoms. The maximum Gasteiger partial charge on any atom is 0.0628 e. The van der Waals surface area contributed by atoms with Gasteiger partial charge in [0, 0.05) is 22.9 Å². The lowest BCUT2D eigenvalue weighted by Crippen LogP contribution is -1.98. The van der Waals surface area contributed by atoms with Gasteiger partial charge in [-0.15, -0.1) is 11.8 Å². The number of aromatic nitrogens is 2. The molecule has 2 nitrogen and oxygen atoms in total. The summed E-state index contributed by atoms with van der Waals surface area (Å²) in [5.74, 6) is 1.01. The molecule has 0 radical (unpaired) electrons. The predicted molar refractivity (Wildman–Crippen MR) is 68.6 cm³/mol. The Kier molecular flexibility index (Phi) is 3.67. The molecule has 0 aliphatic rings. The predicted octanol–water partition coefficient (Wildman–Crippen LogP) is 3.50. The molecule has 0 spiro atoms. The molecule has 0 saturated carbocycles. The number of hydrogen-bond acceptors (Lipinski definition) is 2. The summed E-state index contributed by atoms with van der Waals surface area (Å²) in [7, 11) is 0. The summed E-state index contributed by atoms with van der Waals surface area (Å²) < 4.78 is 2.04. The number of aryl methyl sites for hydroxylation is 1. The molecule has 1 aromatic heterocycles. The third-order valence-corrected chi connectivity index (χ3v) is 3.78. The SMILES string of the molecule is CCn1ncc(SCc2ccccc2)c1C. The molecule has 1 heterocycles. The van der Waals surface area contributed by atoms with Crippen LogP contribution in [0.1, 0.15) is 18.2 Å². The zero-order valence-electron chi connectivity index (χ0n) is 9.68. The van der Waals surface area contributed by atoms with Crippen LogP contribution in [0.2, 0.25) is 0 Å². The van der Waals surface area contributed by atoms with E-state index >= 15 is 0 Å². The molecule has 0 unspecified atom stereocenters. The summed E-state index contributed by atoms with van der Waals surface area (Å²) in [6, 6.07) is 10.5. The van der Waals surface area contributed by atoms with Gasteiger partial charge in [0.1, 0.15) is 0 Å². The van der Waals surface area contributed by atoms with Gasteiger partial charge >= 0.3 is 0 Å². The second-order valence-corrected chi connectivity index (χ2v) is 4.70. The van der Waals surface area contributed by atoms with Gasteiger partial charge in [0.2, 0.25) is 0 Å². The molecule has 0 saturated heterocycles. The molecule has 0 aliphatic heterocycles. The van der Waals surface area contributed by atoms with Crippen LogP contribution in [0.5, 0.6) is 0 Å². The first kappa shape index (κ1) is 11.3. The van der Waals surface area contributed by atoms with Crippen molar-refractivity contribution < 1.29 is 0 Å². The van der Waals surface area contributed by atoms with Crippen molar-refractivity contribution in [2.24, 2.45) is 0 Å². The van der Waals surface area contributed by atoms with Crippen molar-refractivity contribution in [1.29, 1.82) is 0 Å². The van der Waals surface area contributed by atoms with E-state index < -0.39 is 0 Å². The molecule has 2 rings (SSSR count). The Bertz CT molecular complexity index is 448. The zero-order valence-corrected chi connectivity index (χ0v) is 10.5. The third kappa shape index (κ3) is 2.47. The van der Waals surface area contributed by atoms with E-state index in [0.717, 1.165) is 12.3 Å². The summed E-state index contributed by atoms with van der Waals surface area (Å²) in [5, 5.41) is 4.34. The molecular formula is C13H16N2S. The fourth-order valence-corrected chi connectivity index (χ4v) is 2.58. The van der Waals surface area contributed by atoms with Crippen LogP contribution < -0.4 is 0 Å². The number of thioether (sulfide) groups is 1. The van der Waals surface area contributed by atoms with E-state index in [1.165, 1.54) is 16.2 Å². The van der Waals surface area contributed by atoms with Crippen LogP contribution in [0.25, 0.3) is 0 Å².